The van der Waals surface area contributed by atoms with E-state index in [9.17, 15) is 0 Å². The monoisotopic (exact) mass is 244 g/mol. The van der Waals surface area contributed by atoms with Gasteiger partial charge in [0, 0.05) is 18.2 Å². The lowest BCUT2D eigenvalue weighted by molar-refractivity contribution is 0.320. The summed E-state index contributed by atoms with van der Waals surface area (Å²) in [5, 5.41) is 3.47. The summed E-state index contributed by atoms with van der Waals surface area (Å²) in [7, 11) is 0. The number of aromatic nitrogens is 3. The number of rotatable bonds is 2. The smallest absolute Gasteiger partial charge is 0.177 e. The third-order valence-electron chi connectivity index (χ3n) is 4.37. The van der Waals surface area contributed by atoms with Crippen molar-refractivity contribution in [3.8, 4) is 0 Å². The maximum atomic E-state index is 4.74. The fourth-order valence-corrected chi connectivity index (χ4v) is 2.95. The number of H-pyrrole nitrogens is 1. The van der Waals surface area contributed by atoms with E-state index in [-0.39, 0.29) is 5.41 Å². The van der Waals surface area contributed by atoms with Crippen LogP contribution in [0.5, 0.6) is 0 Å². The first-order valence-corrected chi connectivity index (χ1v) is 6.66. The molecule has 4 nitrogen and oxygen atoms in total. The molecule has 2 aromatic heterocycles. The van der Waals surface area contributed by atoms with Gasteiger partial charge in [0.15, 0.2) is 5.65 Å². The van der Waals surface area contributed by atoms with E-state index in [1.54, 1.807) is 0 Å². The summed E-state index contributed by atoms with van der Waals surface area (Å²) < 4.78 is 0. The zero-order chi connectivity index (χ0) is 12.8. The molecule has 0 aliphatic carbocycles. The quantitative estimate of drug-likeness (QED) is 0.851. The van der Waals surface area contributed by atoms with E-state index >= 15 is 0 Å². The minimum absolute atomic E-state index is 0.132. The lowest BCUT2D eigenvalue weighted by Gasteiger charge is -2.30. The molecule has 0 amide bonds. The highest BCUT2D eigenvalue weighted by Crippen LogP contribution is 2.37. The number of imidazole rings is 1. The van der Waals surface area contributed by atoms with E-state index in [1.807, 2.05) is 12.3 Å². The van der Waals surface area contributed by atoms with Gasteiger partial charge in [-0.1, -0.05) is 13.8 Å². The molecule has 96 valence electrons. The van der Waals surface area contributed by atoms with Crippen molar-refractivity contribution >= 4 is 11.2 Å². The van der Waals surface area contributed by atoms with Gasteiger partial charge in [-0.2, -0.15) is 0 Å². The Morgan fingerprint density at radius 1 is 1.39 bits per heavy atom. The summed E-state index contributed by atoms with van der Waals surface area (Å²) in [6.45, 7) is 8.73. The molecule has 0 bridgehead atoms. The van der Waals surface area contributed by atoms with Crippen LogP contribution in [0.4, 0.5) is 0 Å². The second-order valence-corrected chi connectivity index (χ2v) is 5.65. The van der Waals surface area contributed by atoms with Crippen molar-refractivity contribution in [2.75, 3.05) is 13.1 Å². The van der Waals surface area contributed by atoms with Crippen LogP contribution in [-0.2, 0) is 5.41 Å². The molecule has 1 atom stereocenters. The highest BCUT2D eigenvalue weighted by molar-refractivity contribution is 5.74. The first-order chi connectivity index (χ1) is 8.63. The molecule has 18 heavy (non-hydrogen) atoms. The molecule has 3 rings (SSSR count). The Bertz CT molecular complexity index is 564. The van der Waals surface area contributed by atoms with Crippen molar-refractivity contribution in [3.05, 3.63) is 23.7 Å². The van der Waals surface area contributed by atoms with Gasteiger partial charge >= 0.3 is 0 Å². The molecule has 0 saturated carbocycles. The Morgan fingerprint density at radius 3 is 2.83 bits per heavy atom. The predicted octanol–water partition coefficient (Wildman–Crippen LogP) is 2.15. The SMILES string of the molecule is Cc1ccnc2nc(C3(C(C)C)CCNC3)[nH]c12. The van der Waals surface area contributed by atoms with Crippen molar-refractivity contribution in [2.45, 2.75) is 32.6 Å². The molecular weight excluding hydrogens is 224 g/mol. The van der Waals surface area contributed by atoms with E-state index in [4.69, 9.17) is 4.98 Å². The molecule has 0 radical (unpaired) electrons. The average Bonchev–Trinajstić information content (AvgIpc) is 2.96. The Balaban J connectivity index is 2.16. The summed E-state index contributed by atoms with van der Waals surface area (Å²) in [6, 6.07) is 2.03. The maximum Gasteiger partial charge on any atom is 0.177 e. The number of nitrogens with zero attached hydrogens (tertiary/aromatic N) is 2. The van der Waals surface area contributed by atoms with E-state index in [0.29, 0.717) is 5.92 Å². The molecular formula is C14H20N4. The van der Waals surface area contributed by atoms with Gasteiger partial charge in [-0.15, -0.1) is 0 Å². The molecule has 1 aliphatic rings. The van der Waals surface area contributed by atoms with Crippen molar-refractivity contribution in [2.24, 2.45) is 5.92 Å². The fraction of sp³-hybridized carbons (Fsp3) is 0.571. The molecule has 1 aliphatic heterocycles. The summed E-state index contributed by atoms with van der Waals surface area (Å²) in [4.78, 5) is 12.6. The minimum Gasteiger partial charge on any atom is -0.340 e. The van der Waals surface area contributed by atoms with Crippen LogP contribution < -0.4 is 5.32 Å². The first kappa shape index (κ1) is 11.7. The zero-order valence-electron chi connectivity index (χ0n) is 11.2. The normalized spacial score (nSPS) is 24.2. The van der Waals surface area contributed by atoms with E-state index < -0.39 is 0 Å². The lowest BCUT2D eigenvalue weighted by Crippen LogP contribution is -2.35. The number of aromatic amines is 1. The van der Waals surface area contributed by atoms with Crippen molar-refractivity contribution in [1.82, 2.24) is 20.3 Å². The van der Waals surface area contributed by atoms with Crippen molar-refractivity contribution in [3.63, 3.8) is 0 Å². The zero-order valence-corrected chi connectivity index (χ0v) is 11.2. The predicted molar refractivity (Wildman–Crippen MR) is 72.6 cm³/mol. The highest BCUT2D eigenvalue weighted by Gasteiger charge is 2.41. The van der Waals surface area contributed by atoms with Crippen LogP contribution in [0, 0.1) is 12.8 Å². The minimum atomic E-state index is 0.132. The van der Waals surface area contributed by atoms with Crippen LogP contribution in [0.25, 0.3) is 11.2 Å². The standard InChI is InChI=1S/C14H20N4/c1-9(2)14(5-7-15-8-14)13-17-11-10(3)4-6-16-12(11)18-13/h4,6,9,15H,5,7-8H2,1-3H3,(H,16,17,18). The molecule has 2 N–H and O–H groups in total. The average molecular weight is 244 g/mol. The topological polar surface area (TPSA) is 53.6 Å². The Morgan fingerprint density at radius 2 is 2.22 bits per heavy atom. The van der Waals surface area contributed by atoms with Crippen molar-refractivity contribution in [1.29, 1.82) is 0 Å². The molecule has 0 aromatic carbocycles. The molecule has 3 heterocycles. The number of pyridine rings is 1. The summed E-state index contributed by atoms with van der Waals surface area (Å²) in [6.07, 6.45) is 2.97. The van der Waals surface area contributed by atoms with Gasteiger partial charge < -0.3 is 10.3 Å². The Hall–Kier alpha value is -1.42. The second kappa shape index (κ2) is 4.05. The van der Waals surface area contributed by atoms with Gasteiger partial charge in [0.2, 0.25) is 0 Å². The summed E-state index contributed by atoms with van der Waals surface area (Å²) >= 11 is 0. The van der Waals surface area contributed by atoms with Gasteiger partial charge in [-0.3, -0.25) is 0 Å². The molecule has 0 spiro atoms. The van der Waals surface area contributed by atoms with E-state index in [0.717, 1.165) is 36.5 Å². The molecule has 2 aromatic rings. The van der Waals surface area contributed by atoms with E-state index in [1.165, 1.54) is 5.56 Å². The van der Waals surface area contributed by atoms with Gasteiger partial charge in [0.25, 0.3) is 0 Å². The molecule has 1 fully saturated rings. The molecule has 1 unspecified atom stereocenters. The number of hydrogen-bond donors (Lipinski definition) is 2. The van der Waals surface area contributed by atoms with Gasteiger partial charge in [0.05, 0.1) is 5.52 Å². The molecule has 4 heteroatoms. The van der Waals surface area contributed by atoms with Gasteiger partial charge in [-0.05, 0) is 37.4 Å². The van der Waals surface area contributed by atoms with Crippen LogP contribution in [0.3, 0.4) is 0 Å². The third kappa shape index (κ3) is 1.56. The fourth-order valence-electron chi connectivity index (χ4n) is 2.95. The van der Waals surface area contributed by atoms with Crippen LogP contribution in [0.1, 0.15) is 31.7 Å². The third-order valence-corrected chi connectivity index (χ3v) is 4.37. The Kier molecular flexibility index (Phi) is 2.63. The van der Waals surface area contributed by atoms with Gasteiger partial charge in [-0.25, -0.2) is 9.97 Å². The summed E-state index contributed by atoms with van der Waals surface area (Å²) in [5.74, 6) is 1.66. The largest absolute Gasteiger partial charge is 0.340 e. The maximum absolute atomic E-state index is 4.74. The summed E-state index contributed by atoms with van der Waals surface area (Å²) in [5.41, 5.74) is 3.27. The van der Waals surface area contributed by atoms with Crippen LogP contribution in [0.15, 0.2) is 12.3 Å². The van der Waals surface area contributed by atoms with E-state index in [2.05, 4.69) is 36.1 Å². The highest BCUT2D eigenvalue weighted by atomic mass is 15.0. The van der Waals surface area contributed by atoms with Crippen LogP contribution in [-0.4, -0.2) is 28.0 Å². The number of nitrogens with one attached hydrogen (secondary N) is 2. The Labute approximate surface area is 107 Å². The number of aryl methyl sites for hydroxylation is 1. The van der Waals surface area contributed by atoms with Crippen LogP contribution in [0.2, 0.25) is 0 Å². The van der Waals surface area contributed by atoms with Crippen LogP contribution >= 0.6 is 0 Å². The lowest BCUT2D eigenvalue weighted by atomic mass is 9.76. The number of fused-ring (bicyclic) bond motifs is 1. The van der Waals surface area contributed by atoms with Gasteiger partial charge in [0.1, 0.15) is 5.82 Å². The second-order valence-electron chi connectivity index (χ2n) is 5.65. The first-order valence-electron chi connectivity index (χ1n) is 6.66. The van der Waals surface area contributed by atoms with Crippen molar-refractivity contribution < 1.29 is 0 Å². The number of hydrogen-bond acceptors (Lipinski definition) is 3. The molecule has 1 saturated heterocycles.